The number of nitrogens with zero attached hydrogens (tertiary/aromatic N) is 4. The van der Waals surface area contributed by atoms with Crippen LogP contribution < -0.4 is 20.1 Å². The molecule has 9 nitrogen and oxygen atoms in total. The summed E-state index contributed by atoms with van der Waals surface area (Å²) in [7, 11) is -0.505. The van der Waals surface area contributed by atoms with Gasteiger partial charge in [0, 0.05) is 37.6 Å². The first-order chi connectivity index (χ1) is 17.8. The highest BCUT2D eigenvalue weighted by Crippen LogP contribution is 2.34. The van der Waals surface area contributed by atoms with Gasteiger partial charge in [-0.2, -0.15) is 9.29 Å². The van der Waals surface area contributed by atoms with Gasteiger partial charge in [0.05, 0.1) is 24.6 Å². The van der Waals surface area contributed by atoms with Crippen molar-refractivity contribution < 1.29 is 17.9 Å². The molecule has 1 saturated heterocycles. The molecule has 1 fully saturated rings. The van der Waals surface area contributed by atoms with Crippen molar-refractivity contribution in [1.82, 2.24) is 14.3 Å². The van der Waals surface area contributed by atoms with Crippen LogP contribution in [0.25, 0.3) is 22.0 Å². The zero-order chi connectivity index (χ0) is 26.2. The summed E-state index contributed by atoms with van der Waals surface area (Å²) in [6.07, 6.45) is 0. The molecule has 10 heteroatoms. The van der Waals surface area contributed by atoms with E-state index >= 15 is 0 Å². The summed E-state index contributed by atoms with van der Waals surface area (Å²) in [6.45, 7) is 3.55. The molecule has 37 heavy (non-hydrogen) atoms. The summed E-state index contributed by atoms with van der Waals surface area (Å²) in [6, 6.07) is 18.7. The molecule has 1 aliphatic heterocycles. The van der Waals surface area contributed by atoms with Gasteiger partial charge < -0.3 is 20.1 Å². The van der Waals surface area contributed by atoms with Gasteiger partial charge >= 0.3 is 0 Å². The Hall–Kier alpha value is -3.89. The topological polar surface area (TPSA) is 111 Å². The molecular formula is C27H29N5O4S. The molecule has 3 aromatic carbocycles. The highest BCUT2D eigenvalue weighted by Gasteiger charge is 2.29. The number of benzene rings is 3. The van der Waals surface area contributed by atoms with E-state index in [0.717, 1.165) is 11.1 Å². The third-order valence-electron chi connectivity index (χ3n) is 6.62. The molecule has 0 saturated carbocycles. The van der Waals surface area contributed by atoms with Crippen molar-refractivity contribution in [3.8, 4) is 22.6 Å². The molecule has 1 aliphatic rings. The van der Waals surface area contributed by atoms with Gasteiger partial charge in [0.1, 0.15) is 5.82 Å². The number of aromatic nitrogens is 2. The fourth-order valence-corrected chi connectivity index (χ4v) is 5.87. The van der Waals surface area contributed by atoms with E-state index in [9.17, 15) is 8.42 Å². The number of fused-ring (bicyclic) bond motifs is 1. The Morgan fingerprint density at radius 2 is 1.38 bits per heavy atom. The van der Waals surface area contributed by atoms with Crippen molar-refractivity contribution in [1.29, 1.82) is 0 Å². The molecule has 0 spiro atoms. The fourth-order valence-electron chi connectivity index (χ4n) is 4.45. The Labute approximate surface area is 216 Å². The van der Waals surface area contributed by atoms with Crippen molar-refractivity contribution in [2.75, 3.05) is 51.0 Å². The lowest BCUT2D eigenvalue weighted by Gasteiger charge is -2.34. The van der Waals surface area contributed by atoms with Crippen LogP contribution in [0.4, 0.5) is 11.8 Å². The van der Waals surface area contributed by atoms with E-state index in [0.29, 0.717) is 60.3 Å². The largest absolute Gasteiger partial charge is 0.493 e. The minimum Gasteiger partial charge on any atom is -0.493 e. The van der Waals surface area contributed by atoms with Crippen LogP contribution in [-0.2, 0) is 10.0 Å². The van der Waals surface area contributed by atoms with Gasteiger partial charge in [0.25, 0.3) is 0 Å². The molecule has 0 aliphatic carbocycles. The monoisotopic (exact) mass is 519 g/mol. The number of piperazine rings is 1. The summed E-state index contributed by atoms with van der Waals surface area (Å²) < 4.78 is 38.9. The van der Waals surface area contributed by atoms with Gasteiger partial charge in [-0.25, -0.2) is 13.4 Å². The molecule has 0 atom stereocenters. The normalized spacial score (nSPS) is 14.6. The average Bonchev–Trinajstić information content (AvgIpc) is 2.93. The number of aryl methyl sites for hydroxylation is 1. The van der Waals surface area contributed by atoms with E-state index in [-0.39, 0.29) is 4.90 Å². The van der Waals surface area contributed by atoms with Gasteiger partial charge in [-0.3, -0.25) is 0 Å². The molecule has 2 N–H and O–H groups in total. The van der Waals surface area contributed by atoms with Gasteiger partial charge in [-0.05, 0) is 36.2 Å². The summed E-state index contributed by atoms with van der Waals surface area (Å²) in [5.74, 6) is 1.87. The van der Waals surface area contributed by atoms with Gasteiger partial charge in [0.15, 0.2) is 11.5 Å². The number of sulfonamides is 1. The van der Waals surface area contributed by atoms with Crippen LogP contribution in [0, 0.1) is 6.92 Å². The maximum absolute atomic E-state index is 13.3. The number of nitrogens with two attached hydrogens (primary N) is 1. The predicted octanol–water partition coefficient (Wildman–Crippen LogP) is 3.72. The zero-order valence-electron chi connectivity index (χ0n) is 21.0. The first kappa shape index (κ1) is 24.8. The van der Waals surface area contributed by atoms with Crippen LogP contribution in [0.5, 0.6) is 11.5 Å². The lowest BCUT2D eigenvalue weighted by Crippen LogP contribution is -2.49. The van der Waals surface area contributed by atoms with Crippen LogP contribution >= 0.6 is 0 Å². The van der Waals surface area contributed by atoms with E-state index in [1.165, 1.54) is 9.87 Å². The Morgan fingerprint density at radius 3 is 1.97 bits per heavy atom. The first-order valence-electron chi connectivity index (χ1n) is 11.9. The summed E-state index contributed by atoms with van der Waals surface area (Å²) in [5.41, 5.74) is 10.1. The Bertz CT molecular complexity index is 1530. The minimum atomic E-state index is -3.62. The molecule has 0 unspecified atom stereocenters. The van der Waals surface area contributed by atoms with Crippen LogP contribution in [0.1, 0.15) is 5.56 Å². The number of hydrogen-bond donors (Lipinski definition) is 1. The second-order valence-electron chi connectivity index (χ2n) is 8.91. The molecule has 0 amide bonds. The average molecular weight is 520 g/mol. The molecule has 0 bridgehead atoms. The Morgan fingerprint density at radius 1 is 0.811 bits per heavy atom. The van der Waals surface area contributed by atoms with Crippen molar-refractivity contribution in [3.05, 3.63) is 66.2 Å². The second kappa shape index (κ2) is 9.87. The SMILES string of the molecule is COc1cc2nc(N3CCN(S(=O)(=O)c4ccc(-c5ccc(C)cc5)cc4)CC3)nc(N)c2cc1OC. The molecule has 5 rings (SSSR count). The summed E-state index contributed by atoms with van der Waals surface area (Å²) in [4.78, 5) is 11.4. The number of nitrogen functional groups attached to an aromatic ring is 1. The number of methoxy groups -OCH3 is 2. The molecular weight excluding hydrogens is 490 g/mol. The van der Waals surface area contributed by atoms with Crippen LogP contribution in [0.15, 0.2) is 65.6 Å². The Balaban J connectivity index is 1.32. The number of anilines is 2. The van der Waals surface area contributed by atoms with Crippen LogP contribution in [-0.4, -0.2) is 63.1 Å². The van der Waals surface area contributed by atoms with Crippen molar-refractivity contribution in [2.24, 2.45) is 0 Å². The van der Waals surface area contributed by atoms with Gasteiger partial charge in [-0.15, -0.1) is 0 Å². The fraction of sp³-hybridized carbons (Fsp3) is 0.259. The second-order valence-corrected chi connectivity index (χ2v) is 10.9. The lowest BCUT2D eigenvalue weighted by atomic mass is 10.0. The Kier molecular flexibility index (Phi) is 6.61. The highest BCUT2D eigenvalue weighted by atomic mass is 32.2. The van der Waals surface area contributed by atoms with Crippen LogP contribution in [0.3, 0.4) is 0 Å². The maximum Gasteiger partial charge on any atom is 0.243 e. The predicted molar refractivity (Wildman–Crippen MR) is 145 cm³/mol. The van der Waals surface area contributed by atoms with E-state index in [2.05, 4.69) is 9.97 Å². The molecule has 1 aromatic heterocycles. The minimum absolute atomic E-state index is 0.282. The molecule has 2 heterocycles. The smallest absolute Gasteiger partial charge is 0.243 e. The third-order valence-corrected chi connectivity index (χ3v) is 8.53. The van der Waals surface area contributed by atoms with Crippen molar-refractivity contribution in [3.63, 3.8) is 0 Å². The van der Waals surface area contributed by atoms with Gasteiger partial charge in [0.2, 0.25) is 16.0 Å². The number of rotatable bonds is 6. The molecule has 192 valence electrons. The van der Waals surface area contributed by atoms with E-state index in [1.54, 1.807) is 38.5 Å². The summed E-state index contributed by atoms with van der Waals surface area (Å²) in [5, 5.41) is 0.664. The molecule has 4 aromatic rings. The number of ether oxygens (including phenoxy) is 2. The van der Waals surface area contributed by atoms with Crippen molar-refractivity contribution >= 4 is 32.7 Å². The standard InChI is InChI=1S/C27H29N5O4S/c1-18-4-6-19(7-5-18)20-8-10-21(11-9-20)37(33,34)32-14-12-31(13-15-32)27-29-23-17-25(36-3)24(35-2)16-22(23)26(28)30-27/h4-11,16-17H,12-15H2,1-3H3,(H2,28,29,30). The van der Waals surface area contributed by atoms with E-state index in [4.69, 9.17) is 15.2 Å². The first-order valence-corrected chi connectivity index (χ1v) is 13.4. The quantitative estimate of drug-likeness (QED) is 0.410. The summed E-state index contributed by atoms with van der Waals surface area (Å²) >= 11 is 0. The molecule has 0 radical (unpaired) electrons. The number of hydrogen-bond acceptors (Lipinski definition) is 8. The third kappa shape index (κ3) is 4.77. The lowest BCUT2D eigenvalue weighted by molar-refractivity contribution is 0.356. The van der Waals surface area contributed by atoms with E-state index < -0.39 is 10.0 Å². The maximum atomic E-state index is 13.3. The van der Waals surface area contributed by atoms with E-state index in [1.807, 2.05) is 48.2 Å². The van der Waals surface area contributed by atoms with Gasteiger partial charge in [-0.1, -0.05) is 42.0 Å². The van der Waals surface area contributed by atoms with Crippen molar-refractivity contribution in [2.45, 2.75) is 11.8 Å². The highest BCUT2D eigenvalue weighted by molar-refractivity contribution is 7.89. The zero-order valence-corrected chi connectivity index (χ0v) is 21.8. The van der Waals surface area contributed by atoms with Crippen LogP contribution in [0.2, 0.25) is 0 Å².